The van der Waals surface area contributed by atoms with Crippen LogP contribution in [0.4, 0.5) is 0 Å². The second kappa shape index (κ2) is 5.45. The summed E-state index contributed by atoms with van der Waals surface area (Å²) in [5.41, 5.74) is 5.90. The van der Waals surface area contributed by atoms with Gasteiger partial charge < -0.3 is 11.1 Å². The lowest BCUT2D eigenvalue weighted by atomic mass is 10.2. The number of hydrogen-bond donors (Lipinski definition) is 2. The number of nitrogens with two attached hydrogens (primary N) is 1. The van der Waals surface area contributed by atoms with Crippen LogP contribution in [0.3, 0.4) is 0 Å². The van der Waals surface area contributed by atoms with Crippen LogP contribution in [0.15, 0.2) is 6.20 Å². The molecule has 0 aliphatic rings. The van der Waals surface area contributed by atoms with Crippen LogP contribution in [0.5, 0.6) is 0 Å². The number of rotatable bonds is 5. The first-order chi connectivity index (χ1) is 7.11. The van der Waals surface area contributed by atoms with Gasteiger partial charge in [0.1, 0.15) is 5.69 Å². The highest BCUT2D eigenvalue weighted by atomic mass is 16.1. The average molecular weight is 211 g/mol. The molecular weight excluding hydrogens is 194 g/mol. The van der Waals surface area contributed by atoms with Gasteiger partial charge in [-0.15, -0.1) is 5.10 Å². The zero-order chi connectivity index (χ0) is 11.3. The van der Waals surface area contributed by atoms with Gasteiger partial charge in [-0.3, -0.25) is 9.48 Å². The van der Waals surface area contributed by atoms with Crippen LogP contribution in [0.2, 0.25) is 0 Å². The smallest absolute Gasteiger partial charge is 0.234 e. The van der Waals surface area contributed by atoms with Crippen LogP contribution in [0, 0.1) is 5.92 Å². The van der Waals surface area contributed by atoms with Crippen LogP contribution < -0.4 is 11.1 Å². The van der Waals surface area contributed by atoms with Crippen LogP contribution in [-0.4, -0.2) is 27.4 Å². The van der Waals surface area contributed by atoms with E-state index in [4.69, 9.17) is 5.73 Å². The standard InChI is InChI=1S/C9H17N5O/c1-7(2)5-14-6-8(12-13-14)4-11-9(15)3-10/h6-7H,3-5,10H2,1-2H3,(H,11,15). The van der Waals surface area contributed by atoms with Gasteiger partial charge >= 0.3 is 0 Å². The molecule has 1 aromatic rings. The van der Waals surface area contributed by atoms with Gasteiger partial charge in [0.05, 0.1) is 19.3 Å². The Kier molecular flexibility index (Phi) is 4.23. The molecule has 0 fully saturated rings. The minimum absolute atomic E-state index is 0.000130. The fourth-order valence-corrected chi connectivity index (χ4v) is 1.14. The fraction of sp³-hybridized carbons (Fsp3) is 0.667. The first-order valence-electron chi connectivity index (χ1n) is 4.97. The third kappa shape index (κ3) is 4.07. The first-order valence-corrected chi connectivity index (χ1v) is 4.97. The Morgan fingerprint density at radius 2 is 2.40 bits per heavy atom. The molecule has 6 nitrogen and oxygen atoms in total. The molecule has 0 aromatic carbocycles. The number of amides is 1. The van der Waals surface area contributed by atoms with E-state index in [-0.39, 0.29) is 12.5 Å². The molecule has 0 radical (unpaired) electrons. The van der Waals surface area contributed by atoms with Gasteiger partial charge in [0.15, 0.2) is 0 Å². The lowest BCUT2D eigenvalue weighted by Crippen LogP contribution is -2.29. The van der Waals surface area contributed by atoms with Gasteiger partial charge in [0.2, 0.25) is 5.91 Å². The summed E-state index contributed by atoms with van der Waals surface area (Å²) in [6.07, 6.45) is 1.83. The van der Waals surface area contributed by atoms with Crippen LogP contribution in [-0.2, 0) is 17.9 Å². The number of carbonyl (C=O) groups is 1. The third-order valence-corrected chi connectivity index (χ3v) is 1.79. The van der Waals surface area contributed by atoms with E-state index in [0.29, 0.717) is 12.5 Å². The second-order valence-electron chi connectivity index (χ2n) is 3.81. The molecule has 0 spiro atoms. The van der Waals surface area contributed by atoms with E-state index in [1.54, 1.807) is 4.68 Å². The highest BCUT2D eigenvalue weighted by molar-refractivity contribution is 5.77. The van der Waals surface area contributed by atoms with E-state index in [1.807, 2.05) is 6.20 Å². The monoisotopic (exact) mass is 211 g/mol. The Balaban J connectivity index is 2.42. The Morgan fingerprint density at radius 1 is 1.67 bits per heavy atom. The highest BCUT2D eigenvalue weighted by Crippen LogP contribution is 1.98. The predicted molar refractivity (Wildman–Crippen MR) is 55.8 cm³/mol. The molecule has 1 amide bonds. The van der Waals surface area contributed by atoms with Crippen molar-refractivity contribution in [1.82, 2.24) is 20.3 Å². The van der Waals surface area contributed by atoms with Gasteiger partial charge in [0.25, 0.3) is 0 Å². The fourth-order valence-electron chi connectivity index (χ4n) is 1.14. The van der Waals surface area contributed by atoms with Crippen molar-refractivity contribution in [1.29, 1.82) is 0 Å². The predicted octanol–water partition coefficient (Wildman–Crippen LogP) is -0.491. The number of hydrogen-bond acceptors (Lipinski definition) is 4. The molecule has 0 aliphatic carbocycles. The molecule has 3 N–H and O–H groups in total. The van der Waals surface area contributed by atoms with E-state index in [0.717, 1.165) is 12.2 Å². The van der Waals surface area contributed by atoms with E-state index in [1.165, 1.54) is 0 Å². The van der Waals surface area contributed by atoms with Crippen molar-refractivity contribution in [3.8, 4) is 0 Å². The summed E-state index contributed by atoms with van der Waals surface area (Å²) in [7, 11) is 0. The van der Waals surface area contributed by atoms with Crippen molar-refractivity contribution in [2.24, 2.45) is 11.7 Å². The molecule has 1 heterocycles. The Labute approximate surface area is 88.8 Å². The average Bonchev–Trinajstić information content (AvgIpc) is 2.61. The molecule has 1 aromatic heterocycles. The van der Waals surface area contributed by atoms with E-state index >= 15 is 0 Å². The highest BCUT2D eigenvalue weighted by Gasteiger charge is 2.03. The van der Waals surface area contributed by atoms with Crippen LogP contribution in [0.25, 0.3) is 0 Å². The van der Waals surface area contributed by atoms with E-state index < -0.39 is 0 Å². The van der Waals surface area contributed by atoms with Crippen molar-refractivity contribution < 1.29 is 4.79 Å². The Hall–Kier alpha value is -1.43. The van der Waals surface area contributed by atoms with Crippen molar-refractivity contribution >= 4 is 5.91 Å². The van der Waals surface area contributed by atoms with E-state index in [9.17, 15) is 4.79 Å². The summed E-state index contributed by atoms with van der Waals surface area (Å²) >= 11 is 0. The molecule has 15 heavy (non-hydrogen) atoms. The summed E-state index contributed by atoms with van der Waals surface area (Å²) in [5.74, 6) is 0.339. The Morgan fingerprint density at radius 3 is 3.00 bits per heavy atom. The zero-order valence-corrected chi connectivity index (χ0v) is 9.10. The molecule has 84 valence electrons. The summed E-state index contributed by atoms with van der Waals surface area (Å²) < 4.78 is 1.77. The van der Waals surface area contributed by atoms with E-state index in [2.05, 4.69) is 29.5 Å². The molecule has 0 saturated heterocycles. The normalized spacial score (nSPS) is 10.7. The molecular formula is C9H17N5O. The SMILES string of the molecule is CC(C)Cn1cc(CNC(=O)CN)nn1. The van der Waals surface area contributed by atoms with Crippen molar-refractivity contribution in [3.63, 3.8) is 0 Å². The van der Waals surface area contributed by atoms with Crippen molar-refractivity contribution in [2.45, 2.75) is 26.9 Å². The summed E-state index contributed by atoms with van der Waals surface area (Å²) in [6, 6.07) is 0. The molecule has 0 bridgehead atoms. The molecule has 0 aliphatic heterocycles. The molecule has 1 rings (SSSR count). The first kappa shape index (κ1) is 11.6. The maximum Gasteiger partial charge on any atom is 0.234 e. The van der Waals surface area contributed by atoms with Crippen LogP contribution >= 0.6 is 0 Å². The van der Waals surface area contributed by atoms with Crippen molar-refractivity contribution in [2.75, 3.05) is 6.54 Å². The van der Waals surface area contributed by atoms with Gasteiger partial charge in [0, 0.05) is 6.54 Å². The molecule has 0 unspecified atom stereocenters. The number of aromatic nitrogens is 3. The topological polar surface area (TPSA) is 85.8 Å². The molecule has 6 heteroatoms. The molecule has 0 saturated carbocycles. The van der Waals surface area contributed by atoms with Gasteiger partial charge in [-0.1, -0.05) is 19.1 Å². The maximum absolute atomic E-state index is 10.9. The van der Waals surface area contributed by atoms with Crippen molar-refractivity contribution in [3.05, 3.63) is 11.9 Å². The lowest BCUT2D eigenvalue weighted by molar-refractivity contribution is -0.119. The number of nitrogens with one attached hydrogen (secondary N) is 1. The summed E-state index contributed by atoms with van der Waals surface area (Å²) in [6.45, 7) is 5.43. The van der Waals surface area contributed by atoms with Gasteiger partial charge in [-0.2, -0.15) is 0 Å². The lowest BCUT2D eigenvalue weighted by Gasteiger charge is -2.02. The Bertz CT molecular complexity index is 320. The zero-order valence-electron chi connectivity index (χ0n) is 9.10. The second-order valence-corrected chi connectivity index (χ2v) is 3.81. The number of carbonyl (C=O) groups excluding carboxylic acids is 1. The maximum atomic E-state index is 10.9. The quantitative estimate of drug-likeness (QED) is 0.688. The minimum Gasteiger partial charge on any atom is -0.349 e. The largest absolute Gasteiger partial charge is 0.349 e. The van der Waals surface area contributed by atoms with Crippen LogP contribution in [0.1, 0.15) is 19.5 Å². The summed E-state index contributed by atoms with van der Waals surface area (Å²) in [5, 5.41) is 10.5. The van der Waals surface area contributed by atoms with Gasteiger partial charge in [-0.05, 0) is 5.92 Å². The molecule has 0 atom stereocenters. The minimum atomic E-state index is -0.187. The van der Waals surface area contributed by atoms with Gasteiger partial charge in [-0.25, -0.2) is 0 Å². The number of nitrogens with zero attached hydrogens (tertiary/aromatic N) is 3. The third-order valence-electron chi connectivity index (χ3n) is 1.79. The summed E-state index contributed by atoms with van der Waals surface area (Å²) in [4.78, 5) is 10.9.